The van der Waals surface area contributed by atoms with Crippen molar-refractivity contribution in [3.63, 3.8) is 0 Å². The highest BCUT2D eigenvalue weighted by Gasteiger charge is 2.40. The molecule has 5 heteroatoms. The molecule has 1 saturated carbocycles. The third-order valence-corrected chi connectivity index (χ3v) is 4.55. The molecule has 3 N–H and O–H groups in total. The van der Waals surface area contributed by atoms with Crippen LogP contribution >= 0.6 is 0 Å². The molecule has 1 fully saturated rings. The fourth-order valence-electron chi connectivity index (χ4n) is 3.53. The third-order valence-electron chi connectivity index (χ3n) is 4.55. The van der Waals surface area contributed by atoms with Crippen LogP contribution < -0.4 is 10.6 Å². The Morgan fingerprint density at radius 1 is 1.41 bits per heavy atom. The number of hydrogen-bond acceptors (Lipinski definition) is 4. The minimum atomic E-state index is -0.0277. The number of hydrogen-bond donors (Lipinski definition) is 2. The van der Waals surface area contributed by atoms with E-state index >= 15 is 0 Å². The van der Waals surface area contributed by atoms with Gasteiger partial charge in [0, 0.05) is 24.3 Å². The molecule has 1 atom stereocenters. The van der Waals surface area contributed by atoms with Crippen LogP contribution in [-0.2, 0) is 4.79 Å². The van der Waals surface area contributed by atoms with E-state index in [1.807, 2.05) is 6.07 Å². The van der Waals surface area contributed by atoms with E-state index in [2.05, 4.69) is 0 Å². The Morgan fingerprint density at radius 2 is 2.23 bits per heavy atom. The van der Waals surface area contributed by atoms with Crippen molar-refractivity contribution in [2.45, 2.75) is 38.1 Å². The summed E-state index contributed by atoms with van der Waals surface area (Å²) in [5.41, 5.74) is 9.37. The molecule has 114 valence electrons. The molecule has 0 saturated heterocycles. The van der Waals surface area contributed by atoms with Gasteiger partial charge in [0.1, 0.15) is 6.07 Å². The van der Waals surface area contributed by atoms with Crippen LogP contribution in [0.1, 0.15) is 37.7 Å². The molecule has 1 heterocycles. The molecule has 1 aromatic carbocycles. The fourth-order valence-corrected chi connectivity index (χ4v) is 3.53. The van der Waals surface area contributed by atoms with E-state index in [4.69, 9.17) is 11.0 Å². The van der Waals surface area contributed by atoms with Crippen LogP contribution in [0.4, 0.5) is 11.4 Å². The van der Waals surface area contributed by atoms with Gasteiger partial charge in [0.25, 0.3) is 5.91 Å². The number of nitrogens with zero attached hydrogens (tertiary/aromatic N) is 2. The van der Waals surface area contributed by atoms with Crippen LogP contribution in [0.25, 0.3) is 0 Å². The lowest BCUT2D eigenvalue weighted by atomic mass is 9.88. The number of carbonyl (C=O) groups is 1. The Labute approximate surface area is 129 Å². The summed E-state index contributed by atoms with van der Waals surface area (Å²) in [5, 5.41) is 18.2. The molecular weight excluding hydrogens is 278 g/mol. The molecular formula is C17H19N3O2. The van der Waals surface area contributed by atoms with Gasteiger partial charge in [-0.15, -0.1) is 0 Å². The number of rotatable bonds is 3. The normalized spacial score (nSPS) is 21.0. The number of anilines is 2. The van der Waals surface area contributed by atoms with Crippen molar-refractivity contribution < 1.29 is 9.90 Å². The lowest BCUT2D eigenvalue weighted by Gasteiger charge is -2.30. The summed E-state index contributed by atoms with van der Waals surface area (Å²) in [6.45, 7) is -0.0133. The van der Waals surface area contributed by atoms with E-state index in [1.54, 1.807) is 23.1 Å². The average Bonchev–Trinajstić information content (AvgIpc) is 2.80. The highest BCUT2D eigenvalue weighted by Crippen LogP contribution is 2.40. The number of nitriles is 1. The molecule has 2 aliphatic rings. The standard InChI is InChI=1S/C17H19N3O2/c18-10-11-5-6-12(9-15(11)19)20-16-4-2-1-3-13(16)14(7-8-21)17(20)22/h5-6,9,16,21H,1-4,7-8,19H2. The third kappa shape index (κ3) is 2.26. The number of aliphatic hydroxyl groups excluding tert-OH is 1. The summed E-state index contributed by atoms with van der Waals surface area (Å²) in [5.74, 6) is -0.0277. The largest absolute Gasteiger partial charge is 0.398 e. The fraction of sp³-hybridized carbons (Fsp3) is 0.412. The van der Waals surface area contributed by atoms with Gasteiger partial charge in [-0.3, -0.25) is 4.79 Å². The number of benzene rings is 1. The zero-order chi connectivity index (χ0) is 15.7. The maximum absolute atomic E-state index is 12.8. The molecule has 1 aliphatic heterocycles. The molecule has 22 heavy (non-hydrogen) atoms. The average molecular weight is 297 g/mol. The SMILES string of the molecule is N#Cc1ccc(N2C(=O)C(CCO)=C3CCCCC32)cc1N. The minimum Gasteiger partial charge on any atom is -0.398 e. The van der Waals surface area contributed by atoms with Gasteiger partial charge in [0.05, 0.1) is 17.3 Å². The van der Waals surface area contributed by atoms with Gasteiger partial charge in [0.15, 0.2) is 0 Å². The van der Waals surface area contributed by atoms with Crippen LogP contribution in [0, 0.1) is 11.3 Å². The van der Waals surface area contributed by atoms with Crippen molar-refractivity contribution in [3.8, 4) is 6.07 Å². The Bertz CT molecular complexity index is 688. The summed E-state index contributed by atoms with van der Waals surface area (Å²) in [6, 6.07) is 7.25. The Morgan fingerprint density at radius 3 is 2.91 bits per heavy atom. The predicted octanol–water partition coefficient (Wildman–Crippen LogP) is 2.11. The van der Waals surface area contributed by atoms with E-state index in [0.29, 0.717) is 17.7 Å². The van der Waals surface area contributed by atoms with Crippen LogP contribution in [0.15, 0.2) is 29.3 Å². The number of carbonyl (C=O) groups excluding carboxylic acids is 1. The van der Waals surface area contributed by atoms with Crippen molar-refractivity contribution in [1.29, 1.82) is 5.26 Å². The quantitative estimate of drug-likeness (QED) is 0.836. The van der Waals surface area contributed by atoms with Crippen LogP contribution in [0.2, 0.25) is 0 Å². The van der Waals surface area contributed by atoms with Gasteiger partial charge < -0.3 is 15.7 Å². The van der Waals surface area contributed by atoms with Crippen molar-refractivity contribution >= 4 is 17.3 Å². The minimum absolute atomic E-state index is 0.0133. The predicted molar refractivity (Wildman–Crippen MR) is 84.0 cm³/mol. The lowest BCUT2D eigenvalue weighted by Crippen LogP contribution is -2.37. The van der Waals surface area contributed by atoms with Crippen molar-refractivity contribution in [3.05, 3.63) is 34.9 Å². The molecule has 0 radical (unpaired) electrons. The van der Waals surface area contributed by atoms with E-state index in [-0.39, 0.29) is 18.6 Å². The van der Waals surface area contributed by atoms with Gasteiger partial charge in [0.2, 0.25) is 0 Å². The molecule has 3 rings (SSSR count). The van der Waals surface area contributed by atoms with Gasteiger partial charge in [-0.2, -0.15) is 5.26 Å². The van der Waals surface area contributed by atoms with E-state index in [9.17, 15) is 9.90 Å². The van der Waals surface area contributed by atoms with E-state index < -0.39 is 0 Å². The van der Waals surface area contributed by atoms with Gasteiger partial charge in [-0.05, 0) is 43.0 Å². The van der Waals surface area contributed by atoms with Crippen molar-refractivity contribution in [2.24, 2.45) is 0 Å². The van der Waals surface area contributed by atoms with Gasteiger partial charge in [-0.1, -0.05) is 6.42 Å². The molecule has 1 aliphatic carbocycles. The zero-order valence-corrected chi connectivity index (χ0v) is 12.4. The van der Waals surface area contributed by atoms with Crippen LogP contribution in [-0.4, -0.2) is 23.7 Å². The highest BCUT2D eigenvalue weighted by molar-refractivity contribution is 6.10. The van der Waals surface area contributed by atoms with E-state index in [1.165, 1.54) is 5.57 Å². The summed E-state index contributed by atoms with van der Waals surface area (Å²) in [4.78, 5) is 14.6. The second kappa shape index (κ2) is 5.82. The highest BCUT2D eigenvalue weighted by atomic mass is 16.3. The summed E-state index contributed by atoms with van der Waals surface area (Å²) in [7, 11) is 0. The van der Waals surface area contributed by atoms with Crippen LogP contribution in [0.3, 0.4) is 0 Å². The first kappa shape index (κ1) is 14.6. The Balaban J connectivity index is 2.00. The first-order valence-electron chi connectivity index (χ1n) is 7.63. The first-order chi connectivity index (χ1) is 10.7. The molecule has 0 aromatic heterocycles. The zero-order valence-electron chi connectivity index (χ0n) is 12.4. The summed E-state index contributed by atoms with van der Waals surface area (Å²) in [6.07, 6.45) is 4.46. The first-order valence-corrected chi connectivity index (χ1v) is 7.63. The van der Waals surface area contributed by atoms with Gasteiger partial charge >= 0.3 is 0 Å². The Kier molecular flexibility index (Phi) is 3.86. The Hall–Kier alpha value is -2.32. The van der Waals surface area contributed by atoms with Crippen molar-refractivity contribution in [2.75, 3.05) is 17.2 Å². The molecule has 1 amide bonds. The molecule has 0 spiro atoms. The number of nitrogen functional groups attached to an aromatic ring is 1. The van der Waals surface area contributed by atoms with Crippen LogP contribution in [0.5, 0.6) is 0 Å². The second-order valence-electron chi connectivity index (χ2n) is 5.80. The van der Waals surface area contributed by atoms with Gasteiger partial charge in [-0.25, -0.2) is 0 Å². The molecule has 1 aromatic rings. The number of aliphatic hydroxyl groups is 1. The molecule has 0 bridgehead atoms. The molecule has 1 unspecified atom stereocenters. The van der Waals surface area contributed by atoms with E-state index in [0.717, 1.165) is 36.9 Å². The number of amides is 1. The maximum atomic E-state index is 12.8. The number of nitrogens with two attached hydrogens (primary N) is 1. The maximum Gasteiger partial charge on any atom is 0.254 e. The topological polar surface area (TPSA) is 90.3 Å². The van der Waals surface area contributed by atoms with Crippen molar-refractivity contribution in [1.82, 2.24) is 0 Å². The lowest BCUT2D eigenvalue weighted by molar-refractivity contribution is -0.115. The summed E-state index contributed by atoms with van der Waals surface area (Å²) < 4.78 is 0. The second-order valence-corrected chi connectivity index (χ2v) is 5.80. The summed E-state index contributed by atoms with van der Waals surface area (Å²) >= 11 is 0. The number of fused-ring (bicyclic) bond motifs is 1. The monoisotopic (exact) mass is 297 g/mol. The molecule has 5 nitrogen and oxygen atoms in total. The smallest absolute Gasteiger partial charge is 0.254 e.